The number of rotatable bonds is 6. The lowest BCUT2D eigenvalue weighted by Crippen LogP contribution is -2.41. The molecule has 1 unspecified atom stereocenters. The Hall–Kier alpha value is -0.930. The first-order valence-corrected chi connectivity index (χ1v) is 8.21. The van der Waals surface area contributed by atoms with Crippen LogP contribution in [0.5, 0.6) is 0 Å². The van der Waals surface area contributed by atoms with Crippen LogP contribution >= 0.6 is 0 Å². The summed E-state index contributed by atoms with van der Waals surface area (Å²) in [5.41, 5.74) is 1.50. The summed E-state index contributed by atoms with van der Waals surface area (Å²) in [4.78, 5) is 2.56. The molecule has 0 amide bonds. The Labute approximate surface area is 128 Å². The van der Waals surface area contributed by atoms with Crippen molar-refractivity contribution in [2.75, 3.05) is 26.2 Å². The van der Waals surface area contributed by atoms with Crippen LogP contribution in [0.15, 0.2) is 24.3 Å². The zero-order valence-electron chi connectivity index (χ0n) is 13.7. The standard InChI is InChI=1S/C18H29FN2/c1-4-20-17(15-7-5-8-16(19)13-15)9-12-21-11-6-10-18(2,3)14-21/h5,7-8,13,17,20H,4,6,9-12,14H2,1-3H3. The van der Waals surface area contributed by atoms with Crippen LogP contribution in [-0.4, -0.2) is 31.1 Å². The van der Waals surface area contributed by atoms with Gasteiger partial charge in [0.2, 0.25) is 0 Å². The molecule has 0 radical (unpaired) electrons. The maximum absolute atomic E-state index is 13.4. The van der Waals surface area contributed by atoms with Crippen LogP contribution in [-0.2, 0) is 0 Å². The van der Waals surface area contributed by atoms with E-state index in [2.05, 4.69) is 31.0 Å². The number of hydrogen-bond acceptors (Lipinski definition) is 2. The second kappa shape index (κ2) is 7.37. The van der Waals surface area contributed by atoms with Gasteiger partial charge >= 0.3 is 0 Å². The minimum atomic E-state index is -0.144. The van der Waals surface area contributed by atoms with Crippen LogP contribution in [0.25, 0.3) is 0 Å². The van der Waals surface area contributed by atoms with Gasteiger partial charge in [0.25, 0.3) is 0 Å². The second-order valence-corrected chi connectivity index (χ2v) is 7.00. The van der Waals surface area contributed by atoms with Gasteiger partial charge in [0.05, 0.1) is 0 Å². The van der Waals surface area contributed by atoms with Crippen molar-refractivity contribution in [1.29, 1.82) is 0 Å². The third-order valence-electron chi connectivity index (χ3n) is 4.42. The average molecular weight is 292 g/mol. The van der Waals surface area contributed by atoms with Crippen molar-refractivity contribution >= 4 is 0 Å². The lowest BCUT2D eigenvalue weighted by Gasteiger charge is -2.38. The fraction of sp³-hybridized carbons (Fsp3) is 0.667. The van der Waals surface area contributed by atoms with Crippen LogP contribution < -0.4 is 5.32 Å². The van der Waals surface area contributed by atoms with E-state index in [0.29, 0.717) is 5.41 Å². The number of halogens is 1. The number of hydrogen-bond donors (Lipinski definition) is 1. The average Bonchev–Trinajstić information content (AvgIpc) is 2.42. The van der Waals surface area contributed by atoms with Gasteiger partial charge in [-0.1, -0.05) is 32.9 Å². The fourth-order valence-corrected chi connectivity index (χ4v) is 3.40. The maximum atomic E-state index is 13.4. The van der Waals surface area contributed by atoms with Gasteiger partial charge in [0.1, 0.15) is 5.82 Å². The Morgan fingerprint density at radius 2 is 2.19 bits per heavy atom. The minimum Gasteiger partial charge on any atom is -0.310 e. The van der Waals surface area contributed by atoms with E-state index in [-0.39, 0.29) is 11.9 Å². The van der Waals surface area contributed by atoms with Crippen molar-refractivity contribution in [2.24, 2.45) is 5.41 Å². The lowest BCUT2D eigenvalue weighted by molar-refractivity contribution is 0.113. The van der Waals surface area contributed by atoms with Crippen LogP contribution in [0.1, 0.15) is 51.6 Å². The Morgan fingerprint density at radius 1 is 1.38 bits per heavy atom. The Balaban J connectivity index is 1.94. The summed E-state index contributed by atoms with van der Waals surface area (Å²) in [6.07, 6.45) is 3.65. The summed E-state index contributed by atoms with van der Waals surface area (Å²) in [6.45, 7) is 11.2. The van der Waals surface area contributed by atoms with E-state index >= 15 is 0 Å². The van der Waals surface area contributed by atoms with E-state index in [1.807, 2.05) is 6.07 Å². The van der Waals surface area contributed by atoms with Crippen molar-refractivity contribution in [3.63, 3.8) is 0 Å². The molecule has 0 aliphatic carbocycles. The van der Waals surface area contributed by atoms with E-state index < -0.39 is 0 Å². The summed E-state index contributed by atoms with van der Waals surface area (Å²) in [6, 6.07) is 7.25. The molecule has 2 nitrogen and oxygen atoms in total. The maximum Gasteiger partial charge on any atom is 0.123 e. The van der Waals surface area contributed by atoms with Gasteiger partial charge < -0.3 is 10.2 Å². The molecular weight excluding hydrogens is 263 g/mol. The van der Waals surface area contributed by atoms with Crippen molar-refractivity contribution in [1.82, 2.24) is 10.2 Å². The second-order valence-electron chi connectivity index (χ2n) is 7.00. The van der Waals surface area contributed by atoms with Crippen LogP contribution in [0, 0.1) is 11.2 Å². The number of nitrogens with zero attached hydrogens (tertiary/aromatic N) is 1. The Bertz CT molecular complexity index is 445. The van der Waals surface area contributed by atoms with Crippen LogP contribution in [0.3, 0.4) is 0 Å². The van der Waals surface area contributed by atoms with Gasteiger partial charge in [-0.25, -0.2) is 4.39 Å². The molecule has 21 heavy (non-hydrogen) atoms. The van der Waals surface area contributed by atoms with Gasteiger partial charge in [-0.15, -0.1) is 0 Å². The Kier molecular flexibility index (Phi) is 5.77. The van der Waals surface area contributed by atoms with E-state index in [4.69, 9.17) is 0 Å². The summed E-state index contributed by atoms with van der Waals surface area (Å²) >= 11 is 0. The number of likely N-dealkylation sites (tertiary alicyclic amines) is 1. The molecule has 118 valence electrons. The molecule has 1 aliphatic heterocycles. The smallest absolute Gasteiger partial charge is 0.123 e. The molecule has 1 aromatic rings. The first kappa shape index (κ1) is 16.4. The molecule has 0 saturated carbocycles. The van der Waals surface area contributed by atoms with Crippen LogP contribution in [0.2, 0.25) is 0 Å². The normalized spacial score (nSPS) is 20.4. The van der Waals surface area contributed by atoms with Crippen molar-refractivity contribution in [3.05, 3.63) is 35.6 Å². The summed E-state index contributed by atoms with van der Waals surface area (Å²) in [5, 5.41) is 3.49. The summed E-state index contributed by atoms with van der Waals surface area (Å²) in [7, 11) is 0. The lowest BCUT2D eigenvalue weighted by atomic mass is 9.84. The van der Waals surface area contributed by atoms with E-state index in [1.165, 1.54) is 32.0 Å². The molecule has 2 rings (SSSR count). The third-order valence-corrected chi connectivity index (χ3v) is 4.42. The molecule has 1 heterocycles. The zero-order chi connectivity index (χ0) is 15.3. The Morgan fingerprint density at radius 3 is 2.86 bits per heavy atom. The molecular formula is C18H29FN2. The van der Waals surface area contributed by atoms with E-state index in [0.717, 1.165) is 25.1 Å². The third kappa shape index (κ3) is 5.08. The highest BCUT2D eigenvalue weighted by molar-refractivity contribution is 5.20. The number of benzene rings is 1. The van der Waals surface area contributed by atoms with Gasteiger partial charge in [0.15, 0.2) is 0 Å². The van der Waals surface area contributed by atoms with Crippen LogP contribution in [0.4, 0.5) is 4.39 Å². The molecule has 1 N–H and O–H groups in total. The van der Waals surface area contributed by atoms with E-state index in [9.17, 15) is 4.39 Å². The van der Waals surface area contributed by atoms with Gasteiger partial charge in [-0.3, -0.25) is 0 Å². The van der Waals surface area contributed by atoms with E-state index in [1.54, 1.807) is 12.1 Å². The highest BCUT2D eigenvalue weighted by atomic mass is 19.1. The predicted molar refractivity (Wildman–Crippen MR) is 86.9 cm³/mol. The first-order valence-electron chi connectivity index (χ1n) is 8.21. The van der Waals surface area contributed by atoms with Gasteiger partial charge in [-0.05, 0) is 62.0 Å². The fourth-order valence-electron chi connectivity index (χ4n) is 3.40. The SMILES string of the molecule is CCNC(CCN1CCCC(C)(C)C1)c1cccc(F)c1. The number of nitrogens with one attached hydrogen (secondary N) is 1. The molecule has 1 aliphatic rings. The topological polar surface area (TPSA) is 15.3 Å². The monoisotopic (exact) mass is 292 g/mol. The zero-order valence-corrected chi connectivity index (χ0v) is 13.7. The highest BCUT2D eigenvalue weighted by Gasteiger charge is 2.26. The van der Waals surface area contributed by atoms with Gasteiger partial charge in [-0.2, -0.15) is 0 Å². The van der Waals surface area contributed by atoms with Crippen molar-refractivity contribution < 1.29 is 4.39 Å². The molecule has 1 atom stereocenters. The van der Waals surface area contributed by atoms with Crippen molar-refractivity contribution in [2.45, 2.75) is 46.1 Å². The van der Waals surface area contributed by atoms with Crippen molar-refractivity contribution in [3.8, 4) is 0 Å². The molecule has 3 heteroatoms. The molecule has 0 spiro atoms. The molecule has 0 bridgehead atoms. The largest absolute Gasteiger partial charge is 0.310 e. The summed E-state index contributed by atoms with van der Waals surface area (Å²) < 4.78 is 13.4. The predicted octanol–water partition coefficient (Wildman–Crippen LogP) is 3.99. The molecule has 1 aromatic carbocycles. The first-order chi connectivity index (χ1) is 10.00. The summed E-state index contributed by atoms with van der Waals surface area (Å²) in [5.74, 6) is -0.144. The quantitative estimate of drug-likeness (QED) is 0.853. The number of piperidine rings is 1. The molecule has 0 aromatic heterocycles. The van der Waals surface area contributed by atoms with Gasteiger partial charge in [0, 0.05) is 12.6 Å². The molecule has 1 fully saturated rings. The molecule has 1 saturated heterocycles. The highest BCUT2D eigenvalue weighted by Crippen LogP contribution is 2.29. The minimum absolute atomic E-state index is 0.144.